The second kappa shape index (κ2) is 5.24. The van der Waals surface area contributed by atoms with E-state index in [4.69, 9.17) is 28.9 Å². The third-order valence-corrected chi connectivity index (χ3v) is 3.98. The van der Waals surface area contributed by atoms with Gasteiger partial charge >= 0.3 is 0 Å². The number of hydrogen-bond acceptors (Lipinski definition) is 3. The van der Waals surface area contributed by atoms with Gasteiger partial charge in [-0.1, -0.05) is 23.2 Å². The van der Waals surface area contributed by atoms with Crippen LogP contribution in [0.2, 0.25) is 10.0 Å². The van der Waals surface area contributed by atoms with E-state index in [9.17, 15) is 9.90 Å². The van der Waals surface area contributed by atoms with Crippen molar-refractivity contribution in [2.24, 2.45) is 11.7 Å². The van der Waals surface area contributed by atoms with Gasteiger partial charge in [-0.25, -0.2) is 0 Å². The monoisotopic (exact) mass is 288 g/mol. The third kappa shape index (κ3) is 2.49. The molecular weight excluding hydrogens is 275 g/mol. The molecule has 1 amide bonds. The summed E-state index contributed by atoms with van der Waals surface area (Å²) in [6, 6.07) is 3.04. The number of nitrogens with two attached hydrogens (primary N) is 1. The molecule has 1 heterocycles. The summed E-state index contributed by atoms with van der Waals surface area (Å²) in [5.41, 5.74) is 5.81. The molecule has 0 bridgehead atoms. The average molecular weight is 289 g/mol. The van der Waals surface area contributed by atoms with E-state index in [0.29, 0.717) is 22.3 Å². The molecular formula is C12H14Cl2N2O2. The lowest BCUT2D eigenvalue weighted by Gasteiger charge is -2.34. The first-order chi connectivity index (χ1) is 8.50. The van der Waals surface area contributed by atoms with Crippen LogP contribution in [0.3, 0.4) is 0 Å². The number of hydrogen-bond donors (Lipinski definition) is 2. The molecule has 6 heteroatoms. The normalized spacial score (nSPS) is 19.9. The fraction of sp³-hybridized carbons (Fsp3) is 0.417. The van der Waals surface area contributed by atoms with Gasteiger partial charge in [0.15, 0.2) is 0 Å². The summed E-state index contributed by atoms with van der Waals surface area (Å²) in [7, 11) is 0. The Bertz CT molecular complexity index is 479. The van der Waals surface area contributed by atoms with Gasteiger partial charge in [0.2, 0.25) is 5.91 Å². The Hall–Kier alpha value is -1.13. The molecule has 0 spiro atoms. The van der Waals surface area contributed by atoms with Crippen LogP contribution < -0.4 is 10.6 Å². The molecule has 3 N–H and O–H groups in total. The standard InChI is InChI=1S/C12H14Cl2N2O2/c13-8-3-4-9(17)11(10(8)14)16-5-1-2-7(6-16)12(15)18/h3-4,7,17H,1-2,5-6H2,(H2,15,18). The van der Waals surface area contributed by atoms with Crippen LogP contribution in [0.5, 0.6) is 5.75 Å². The van der Waals surface area contributed by atoms with Crippen molar-refractivity contribution in [3.63, 3.8) is 0 Å². The van der Waals surface area contributed by atoms with Crippen LogP contribution in [-0.2, 0) is 4.79 Å². The molecule has 98 valence electrons. The van der Waals surface area contributed by atoms with Gasteiger partial charge in [-0.2, -0.15) is 0 Å². The highest BCUT2D eigenvalue weighted by molar-refractivity contribution is 6.44. The minimum atomic E-state index is -0.322. The molecule has 2 rings (SSSR count). The van der Waals surface area contributed by atoms with Crippen LogP contribution >= 0.6 is 23.2 Å². The summed E-state index contributed by atoms with van der Waals surface area (Å²) < 4.78 is 0. The summed E-state index contributed by atoms with van der Waals surface area (Å²) in [5.74, 6) is -0.472. The highest BCUT2D eigenvalue weighted by Crippen LogP contribution is 2.41. The van der Waals surface area contributed by atoms with Crippen LogP contribution in [0.1, 0.15) is 12.8 Å². The maximum atomic E-state index is 11.2. The number of aromatic hydroxyl groups is 1. The van der Waals surface area contributed by atoms with Gasteiger partial charge in [0.05, 0.1) is 21.7 Å². The topological polar surface area (TPSA) is 66.6 Å². The molecule has 1 atom stereocenters. The number of amides is 1. The van der Waals surface area contributed by atoms with Gasteiger partial charge in [-0.3, -0.25) is 4.79 Å². The number of anilines is 1. The van der Waals surface area contributed by atoms with Gasteiger partial charge < -0.3 is 15.7 Å². The molecule has 1 aliphatic heterocycles. The number of benzene rings is 1. The first-order valence-electron chi connectivity index (χ1n) is 5.72. The maximum absolute atomic E-state index is 11.2. The lowest BCUT2D eigenvalue weighted by atomic mass is 9.97. The molecule has 0 aliphatic carbocycles. The summed E-state index contributed by atoms with van der Waals surface area (Å²) in [6.45, 7) is 1.18. The Morgan fingerprint density at radius 2 is 2.17 bits per heavy atom. The Morgan fingerprint density at radius 1 is 1.44 bits per heavy atom. The van der Waals surface area contributed by atoms with E-state index in [1.54, 1.807) is 0 Å². The molecule has 1 aliphatic rings. The molecule has 1 aromatic carbocycles. The van der Waals surface area contributed by atoms with Crippen molar-refractivity contribution in [1.82, 2.24) is 0 Å². The molecule has 1 unspecified atom stereocenters. The Balaban J connectivity index is 2.31. The molecule has 0 radical (unpaired) electrons. The predicted octanol–water partition coefficient (Wildman–Crippen LogP) is 2.40. The summed E-state index contributed by atoms with van der Waals surface area (Å²) in [4.78, 5) is 13.1. The first-order valence-corrected chi connectivity index (χ1v) is 6.47. The number of piperidine rings is 1. The third-order valence-electron chi connectivity index (χ3n) is 3.19. The van der Waals surface area contributed by atoms with E-state index in [2.05, 4.69) is 0 Å². The van der Waals surface area contributed by atoms with Gasteiger partial charge in [-0.05, 0) is 25.0 Å². The molecule has 1 aromatic rings. The van der Waals surface area contributed by atoms with Crippen molar-refractivity contribution in [2.45, 2.75) is 12.8 Å². The highest BCUT2D eigenvalue weighted by atomic mass is 35.5. The zero-order valence-corrected chi connectivity index (χ0v) is 11.2. The predicted molar refractivity (Wildman–Crippen MR) is 72.3 cm³/mol. The zero-order valence-electron chi connectivity index (χ0n) is 9.70. The number of halogens is 2. The lowest BCUT2D eigenvalue weighted by molar-refractivity contribution is -0.122. The largest absolute Gasteiger partial charge is 0.506 e. The van der Waals surface area contributed by atoms with Gasteiger partial charge in [0.1, 0.15) is 5.75 Å². The van der Waals surface area contributed by atoms with Crippen molar-refractivity contribution in [3.05, 3.63) is 22.2 Å². The molecule has 1 saturated heterocycles. The fourth-order valence-electron chi connectivity index (χ4n) is 2.24. The summed E-state index contributed by atoms with van der Waals surface area (Å²) in [5, 5.41) is 10.6. The highest BCUT2D eigenvalue weighted by Gasteiger charge is 2.27. The molecule has 0 saturated carbocycles. The minimum Gasteiger partial charge on any atom is -0.506 e. The Kier molecular flexibility index (Phi) is 3.88. The second-order valence-corrected chi connectivity index (χ2v) is 5.20. The van der Waals surface area contributed by atoms with E-state index in [0.717, 1.165) is 19.4 Å². The smallest absolute Gasteiger partial charge is 0.222 e. The molecule has 0 aromatic heterocycles. The van der Waals surface area contributed by atoms with E-state index >= 15 is 0 Å². The van der Waals surface area contributed by atoms with E-state index < -0.39 is 0 Å². The van der Waals surface area contributed by atoms with Crippen molar-refractivity contribution < 1.29 is 9.90 Å². The molecule has 1 fully saturated rings. The van der Waals surface area contributed by atoms with Crippen LogP contribution in [0.15, 0.2) is 12.1 Å². The maximum Gasteiger partial charge on any atom is 0.222 e. The van der Waals surface area contributed by atoms with Crippen molar-refractivity contribution in [2.75, 3.05) is 18.0 Å². The number of carbonyl (C=O) groups is 1. The van der Waals surface area contributed by atoms with E-state index in [1.807, 2.05) is 4.90 Å². The lowest BCUT2D eigenvalue weighted by Crippen LogP contribution is -2.41. The quantitative estimate of drug-likeness (QED) is 0.878. The number of primary amides is 1. The Labute approximate surface area is 115 Å². The molecule has 4 nitrogen and oxygen atoms in total. The van der Waals surface area contributed by atoms with E-state index in [1.165, 1.54) is 12.1 Å². The number of nitrogens with zero attached hydrogens (tertiary/aromatic N) is 1. The number of phenolic OH excluding ortho intramolecular Hbond substituents is 1. The minimum absolute atomic E-state index is 0.0644. The average Bonchev–Trinajstić information content (AvgIpc) is 2.35. The number of phenols is 1. The van der Waals surface area contributed by atoms with Crippen LogP contribution in [-0.4, -0.2) is 24.1 Å². The number of carbonyl (C=O) groups excluding carboxylic acids is 1. The fourth-order valence-corrected chi connectivity index (χ4v) is 2.67. The number of rotatable bonds is 2. The summed E-state index contributed by atoms with van der Waals surface area (Å²) in [6.07, 6.45) is 1.60. The van der Waals surface area contributed by atoms with Gasteiger partial charge in [0.25, 0.3) is 0 Å². The SMILES string of the molecule is NC(=O)C1CCCN(c2c(O)ccc(Cl)c2Cl)C1. The Morgan fingerprint density at radius 3 is 2.83 bits per heavy atom. The van der Waals surface area contributed by atoms with Crippen molar-refractivity contribution in [3.8, 4) is 5.75 Å². The van der Waals surface area contributed by atoms with Crippen LogP contribution in [0.4, 0.5) is 5.69 Å². The van der Waals surface area contributed by atoms with Gasteiger partial charge in [0, 0.05) is 13.1 Å². The van der Waals surface area contributed by atoms with Crippen LogP contribution in [0.25, 0.3) is 0 Å². The molecule has 18 heavy (non-hydrogen) atoms. The zero-order chi connectivity index (χ0) is 13.3. The van der Waals surface area contributed by atoms with Crippen molar-refractivity contribution >= 4 is 34.8 Å². The van der Waals surface area contributed by atoms with Gasteiger partial charge in [-0.15, -0.1) is 0 Å². The van der Waals surface area contributed by atoms with Crippen LogP contribution in [0, 0.1) is 5.92 Å². The first kappa shape index (κ1) is 13.3. The van der Waals surface area contributed by atoms with E-state index in [-0.39, 0.29) is 17.6 Å². The second-order valence-electron chi connectivity index (χ2n) is 4.42. The van der Waals surface area contributed by atoms with Crippen molar-refractivity contribution in [1.29, 1.82) is 0 Å². The summed E-state index contributed by atoms with van der Waals surface area (Å²) >= 11 is 12.1.